The SMILES string of the molecule is CC(C)(C)C1CCC(CC2=C(O)c3cccc(O)c3C(=O)C2=O)CC1. The summed E-state index contributed by atoms with van der Waals surface area (Å²) in [5, 5.41) is 20.4. The number of aliphatic hydroxyl groups excluding tert-OH is 1. The molecule has 0 bridgehead atoms. The van der Waals surface area contributed by atoms with Crippen LogP contribution in [0.4, 0.5) is 0 Å². The van der Waals surface area contributed by atoms with E-state index in [9.17, 15) is 19.8 Å². The molecular weight excluding hydrogens is 316 g/mol. The fraction of sp³-hybridized carbons (Fsp3) is 0.524. The van der Waals surface area contributed by atoms with Crippen LogP contribution in [0, 0.1) is 17.3 Å². The Bertz CT molecular complexity index is 744. The van der Waals surface area contributed by atoms with Gasteiger partial charge in [0.1, 0.15) is 11.5 Å². The van der Waals surface area contributed by atoms with Crippen LogP contribution >= 0.6 is 0 Å². The van der Waals surface area contributed by atoms with Crippen LogP contribution in [-0.2, 0) is 4.79 Å². The van der Waals surface area contributed by atoms with Gasteiger partial charge in [0.25, 0.3) is 0 Å². The van der Waals surface area contributed by atoms with Gasteiger partial charge in [-0.1, -0.05) is 32.9 Å². The molecule has 0 spiro atoms. The second-order valence-corrected chi connectivity index (χ2v) is 8.47. The van der Waals surface area contributed by atoms with Crippen molar-refractivity contribution in [1.29, 1.82) is 0 Å². The molecule has 0 unspecified atom stereocenters. The first-order chi connectivity index (χ1) is 11.7. The molecule has 2 aliphatic rings. The van der Waals surface area contributed by atoms with Crippen LogP contribution < -0.4 is 0 Å². The number of carbonyl (C=O) groups is 2. The number of hydrogen-bond donors (Lipinski definition) is 2. The van der Waals surface area contributed by atoms with Gasteiger partial charge in [-0.25, -0.2) is 0 Å². The Morgan fingerprint density at radius 1 is 1.00 bits per heavy atom. The van der Waals surface area contributed by atoms with Gasteiger partial charge in [-0.2, -0.15) is 0 Å². The molecule has 0 saturated heterocycles. The number of Topliss-reactive ketones (excluding diaryl/α,β-unsaturated/α-hetero) is 2. The third kappa shape index (κ3) is 3.22. The molecule has 2 N–H and O–H groups in total. The molecule has 1 fully saturated rings. The highest BCUT2D eigenvalue weighted by molar-refractivity contribution is 6.52. The minimum Gasteiger partial charge on any atom is -0.507 e. The van der Waals surface area contributed by atoms with Crippen molar-refractivity contribution in [2.45, 2.75) is 52.9 Å². The van der Waals surface area contributed by atoms with Crippen molar-refractivity contribution < 1.29 is 19.8 Å². The summed E-state index contributed by atoms with van der Waals surface area (Å²) in [4.78, 5) is 24.8. The van der Waals surface area contributed by atoms with Crippen molar-refractivity contribution in [3.05, 3.63) is 34.9 Å². The van der Waals surface area contributed by atoms with Crippen LogP contribution in [0.15, 0.2) is 23.8 Å². The molecule has 4 nitrogen and oxygen atoms in total. The summed E-state index contributed by atoms with van der Waals surface area (Å²) < 4.78 is 0. The van der Waals surface area contributed by atoms with Gasteiger partial charge in [0, 0.05) is 11.1 Å². The monoisotopic (exact) mass is 342 g/mol. The smallest absolute Gasteiger partial charge is 0.237 e. The van der Waals surface area contributed by atoms with Crippen LogP contribution in [0.25, 0.3) is 5.76 Å². The lowest BCUT2D eigenvalue weighted by atomic mass is 9.68. The molecular formula is C21H26O4. The molecule has 1 aromatic rings. The highest BCUT2D eigenvalue weighted by Crippen LogP contribution is 2.43. The number of allylic oxidation sites excluding steroid dienone is 1. The van der Waals surface area contributed by atoms with Gasteiger partial charge in [0.15, 0.2) is 0 Å². The van der Waals surface area contributed by atoms with Crippen molar-refractivity contribution in [1.82, 2.24) is 0 Å². The van der Waals surface area contributed by atoms with E-state index < -0.39 is 11.6 Å². The zero-order valence-electron chi connectivity index (χ0n) is 15.1. The number of aromatic hydroxyl groups is 1. The predicted octanol–water partition coefficient (Wildman–Crippen LogP) is 4.67. The lowest BCUT2D eigenvalue weighted by Gasteiger charge is -2.37. The maximum absolute atomic E-state index is 12.5. The van der Waals surface area contributed by atoms with E-state index in [2.05, 4.69) is 20.8 Å². The second kappa shape index (κ2) is 6.32. The molecule has 1 aromatic carbocycles. The summed E-state index contributed by atoms with van der Waals surface area (Å²) in [5.74, 6) is -0.812. The van der Waals surface area contributed by atoms with E-state index in [1.54, 1.807) is 12.1 Å². The summed E-state index contributed by atoms with van der Waals surface area (Å²) >= 11 is 0. The molecule has 0 aromatic heterocycles. The highest BCUT2D eigenvalue weighted by Gasteiger charge is 2.37. The number of ketones is 2. The van der Waals surface area contributed by atoms with Gasteiger partial charge in [0.2, 0.25) is 11.6 Å². The molecule has 25 heavy (non-hydrogen) atoms. The number of phenols is 1. The number of fused-ring (bicyclic) bond motifs is 1. The van der Waals surface area contributed by atoms with E-state index in [1.807, 2.05) is 0 Å². The van der Waals surface area contributed by atoms with Crippen molar-refractivity contribution in [2.75, 3.05) is 0 Å². The average Bonchev–Trinajstić information content (AvgIpc) is 2.56. The molecule has 0 heterocycles. The molecule has 0 amide bonds. The van der Waals surface area contributed by atoms with Crippen LogP contribution in [0.1, 0.15) is 68.8 Å². The first-order valence-corrected chi connectivity index (χ1v) is 9.03. The summed E-state index contributed by atoms with van der Waals surface area (Å²) in [6, 6.07) is 4.50. The Balaban J connectivity index is 1.82. The van der Waals surface area contributed by atoms with Crippen molar-refractivity contribution in [3.63, 3.8) is 0 Å². The fourth-order valence-corrected chi connectivity index (χ4v) is 4.21. The Labute approximate surface area is 148 Å². The largest absolute Gasteiger partial charge is 0.507 e. The zero-order valence-corrected chi connectivity index (χ0v) is 15.1. The number of aliphatic hydroxyl groups is 1. The van der Waals surface area contributed by atoms with Crippen LogP contribution in [-0.4, -0.2) is 21.8 Å². The second-order valence-electron chi connectivity index (χ2n) is 8.47. The van der Waals surface area contributed by atoms with E-state index in [0.29, 0.717) is 23.7 Å². The van der Waals surface area contributed by atoms with Gasteiger partial charge >= 0.3 is 0 Å². The number of hydrogen-bond acceptors (Lipinski definition) is 4. The first-order valence-electron chi connectivity index (χ1n) is 9.03. The third-order valence-electron chi connectivity index (χ3n) is 5.86. The van der Waals surface area contributed by atoms with E-state index in [0.717, 1.165) is 25.7 Å². The van der Waals surface area contributed by atoms with Gasteiger partial charge in [-0.3, -0.25) is 9.59 Å². The minimum atomic E-state index is -0.718. The van der Waals surface area contributed by atoms with Crippen molar-refractivity contribution >= 4 is 17.3 Å². The quantitative estimate of drug-likeness (QED) is 0.766. The maximum atomic E-state index is 12.5. The van der Waals surface area contributed by atoms with Crippen LogP contribution in [0.5, 0.6) is 5.75 Å². The molecule has 4 heteroatoms. The molecule has 0 atom stereocenters. The number of benzene rings is 1. The Morgan fingerprint density at radius 3 is 2.24 bits per heavy atom. The highest BCUT2D eigenvalue weighted by atomic mass is 16.3. The van der Waals surface area contributed by atoms with Crippen LogP contribution in [0.3, 0.4) is 0 Å². The zero-order chi connectivity index (χ0) is 18.4. The summed E-state index contributed by atoms with van der Waals surface area (Å²) in [5.41, 5.74) is 0.690. The first kappa shape index (κ1) is 17.7. The average molecular weight is 342 g/mol. The minimum absolute atomic E-state index is 0.0785. The molecule has 3 rings (SSSR count). The van der Waals surface area contributed by atoms with E-state index >= 15 is 0 Å². The predicted molar refractivity (Wildman–Crippen MR) is 96.5 cm³/mol. The fourth-order valence-electron chi connectivity index (χ4n) is 4.21. The van der Waals surface area contributed by atoms with Crippen LogP contribution in [0.2, 0.25) is 0 Å². The van der Waals surface area contributed by atoms with Crippen molar-refractivity contribution in [2.24, 2.45) is 17.3 Å². The number of rotatable bonds is 2. The lowest BCUT2D eigenvalue weighted by molar-refractivity contribution is -0.112. The maximum Gasteiger partial charge on any atom is 0.237 e. The van der Waals surface area contributed by atoms with Gasteiger partial charge < -0.3 is 10.2 Å². The lowest BCUT2D eigenvalue weighted by Crippen LogP contribution is -2.28. The molecule has 1 saturated carbocycles. The summed E-state index contributed by atoms with van der Waals surface area (Å²) in [6.45, 7) is 6.79. The topological polar surface area (TPSA) is 74.6 Å². The van der Waals surface area contributed by atoms with Gasteiger partial charge in [-0.05, 0) is 55.4 Å². The van der Waals surface area contributed by atoms with E-state index in [-0.39, 0.29) is 28.2 Å². The molecule has 0 radical (unpaired) electrons. The standard InChI is InChI=1S/C21H26O4/c1-21(2,3)13-9-7-12(8-10-13)11-15-18(23)14-5-4-6-16(22)17(14)20(25)19(15)24/h4-6,12-13,22-23H,7-11H2,1-3H3. The molecule has 2 aliphatic carbocycles. The number of phenolic OH excluding ortho intramolecular Hbond substituents is 1. The Kier molecular flexibility index (Phi) is 4.48. The number of carbonyl (C=O) groups excluding carboxylic acids is 2. The normalized spacial score (nSPS) is 24.4. The van der Waals surface area contributed by atoms with Crippen molar-refractivity contribution in [3.8, 4) is 5.75 Å². The summed E-state index contributed by atoms with van der Waals surface area (Å²) in [6.07, 6.45) is 4.67. The summed E-state index contributed by atoms with van der Waals surface area (Å²) in [7, 11) is 0. The van der Waals surface area contributed by atoms with Gasteiger partial charge in [0.05, 0.1) is 5.56 Å². The third-order valence-corrected chi connectivity index (χ3v) is 5.86. The molecule has 134 valence electrons. The van der Waals surface area contributed by atoms with E-state index in [4.69, 9.17) is 0 Å². The van der Waals surface area contributed by atoms with Gasteiger partial charge in [-0.15, -0.1) is 0 Å². The molecule has 0 aliphatic heterocycles. The Hall–Kier alpha value is -2.10. The Morgan fingerprint density at radius 2 is 1.64 bits per heavy atom. The van der Waals surface area contributed by atoms with E-state index in [1.165, 1.54) is 6.07 Å².